The number of thiazole rings is 1. The monoisotopic (exact) mass is 459 g/mol. The first-order valence-electron chi connectivity index (χ1n) is 10.1. The van der Waals surface area contributed by atoms with Gasteiger partial charge in [0.05, 0.1) is 10.2 Å². The topological polar surface area (TPSA) is 56.3 Å². The summed E-state index contributed by atoms with van der Waals surface area (Å²) in [6.45, 7) is 16.3. The molecule has 1 aromatic carbocycles. The third-order valence-electron chi connectivity index (χ3n) is 5.52. The molecule has 0 aliphatic carbocycles. The minimum atomic E-state index is -3.52. The van der Waals surface area contributed by atoms with Crippen molar-refractivity contribution >= 4 is 39.7 Å². The molecule has 2 aromatic rings. The van der Waals surface area contributed by atoms with Gasteiger partial charge in [-0.3, -0.25) is 0 Å². The first-order chi connectivity index (χ1) is 13.3. The Morgan fingerprint density at radius 2 is 1.87 bits per heavy atom. The van der Waals surface area contributed by atoms with E-state index in [1.165, 1.54) is 17.1 Å². The molecule has 2 atom stereocenters. The van der Waals surface area contributed by atoms with E-state index in [2.05, 4.69) is 52.7 Å². The molecule has 0 saturated heterocycles. The Kier molecular flexibility index (Phi) is 9.93. The summed E-state index contributed by atoms with van der Waals surface area (Å²) in [4.78, 5) is 4.25. The van der Waals surface area contributed by atoms with Crippen LogP contribution < -0.4 is 18.9 Å². The third kappa shape index (κ3) is 7.54. The van der Waals surface area contributed by atoms with Gasteiger partial charge in [-0.25, -0.2) is 25.6 Å². The van der Waals surface area contributed by atoms with E-state index in [1.807, 2.05) is 30.3 Å². The van der Waals surface area contributed by atoms with Crippen LogP contribution >= 0.6 is 11.3 Å². The fourth-order valence-corrected chi connectivity index (χ4v) is 6.09. The zero-order valence-corrected chi connectivity index (χ0v) is 22.2. The summed E-state index contributed by atoms with van der Waals surface area (Å²) in [5.41, 5.74) is 0.720. The quantitative estimate of drug-likeness (QED) is 0.426. The van der Waals surface area contributed by atoms with Gasteiger partial charge in [-0.05, 0) is 36.2 Å². The first kappa shape index (κ1) is 27.5. The molecular weight excluding hydrogens is 425 g/mol. The number of fused-ring (bicyclic) bond motifs is 1. The standard InChI is InChI=1S/C22H34NO3S2Si.Li/c1-17(15-18(2)16-26-29(6,7)22(3,4)5)11-10-14-28(24,25)21-23-19-12-8-9-13-20(19)27-21;/h8-14,17-18H,15-16H2,1-7H3;/q-1;+1/b11-10+;/t17-,18-;/m1./s1. The summed E-state index contributed by atoms with van der Waals surface area (Å²) in [6, 6.07) is 7.46. The molecule has 8 heteroatoms. The van der Waals surface area contributed by atoms with Gasteiger partial charge in [0.25, 0.3) is 0 Å². The molecule has 0 radical (unpaired) electrons. The van der Waals surface area contributed by atoms with Crippen LogP contribution in [0.2, 0.25) is 18.1 Å². The number of allylic oxidation sites excluding steroid dienone is 1. The van der Waals surface area contributed by atoms with Gasteiger partial charge in [0.1, 0.15) is 0 Å². The predicted molar refractivity (Wildman–Crippen MR) is 126 cm³/mol. The Morgan fingerprint density at radius 3 is 2.47 bits per heavy atom. The third-order valence-corrected chi connectivity index (χ3v) is 12.9. The Hall–Kier alpha value is -0.556. The van der Waals surface area contributed by atoms with E-state index in [9.17, 15) is 8.42 Å². The van der Waals surface area contributed by atoms with Gasteiger partial charge >= 0.3 is 18.9 Å². The molecule has 0 saturated carbocycles. The average Bonchev–Trinajstić information content (AvgIpc) is 3.04. The molecular formula is C22H34LiNO3S2Si. The molecule has 0 fully saturated rings. The van der Waals surface area contributed by atoms with E-state index in [0.29, 0.717) is 5.92 Å². The summed E-state index contributed by atoms with van der Waals surface area (Å²) >= 11 is 1.21. The number of benzene rings is 1. The van der Waals surface area contributed by atoms with Gasteiger partial charge in [-0.2, -0.15) is 0 Å². The normalized spacial score (nSPS) is 15.2. The maximum atomic E-state index is 12.5. The van der Waals surface area contributed by atoms with Gasteiger partial charge in [0, 0.05) is 6.61 Å². The minimum absolute atomic E-state index is 0. The average molecular weight is 460 g/mol. The van der Waals surface area contributed by atoms with Crippen LogP contribution in [0.25, 0.3) is 10.2 Å². The van der Waals surface area contributed by atoms with Crippen molar-refractivity contribution in [3.63, 3.8) is 0 Å². The van der Waals surface area contributed by atoms with Crippen molar-refractivity contribution in [1.29, 1.82) is 0 Å². The number of nitrogens with zero attached hydrogens (tertiary/aromatic N) is 1. The van der Waals surface area contributed by atoms with Gasteiger partial charge in [0.2, 0.25) is 0 Å². The zero-order chi connectivity index (χ0) is 21.9. The number of hydrogen-bond acceptors (Lipinski definition) is 5. The molecule has 162 valence electrons. The van der Waals surface area contributed by atoms with Gasteiger partial charge in [-0.15, -0.1) is 17.1 Å². The first-order valence-corrected chi connectivity index (χ1v) is 15.3. The van der Waals surface area contributed by atoms with Crippen molar-refractivity contribution in [2.45, 2.75) is 63.5 Å². The van der Waals surface area contributed by atoms with Crippen LogP contribution in [0.3, 0.4) is 0 Å². The Bertz CT molecular complexity index is 916. The van der Waals surface area contributed by atoms with Gasteiger partial charge in [-0.1, -0.05) is 59.1 Å². The molecule has 0 aliphatic rings. The molecule has 0 bridgehead atoms. The summed E-state index contributed by atoms with van der Waals surface area (Å²) < 4.78 is 32.4. The fourth-order valence-electron chi connectivity index (χ4n) is 2.72. The Morgan fingerprint density at radius 1 is 1.23 bits per heavy atom. The van der Waals surface area contributed by atoms with E-state index in [-0.39, 0.29) is 34.2 Å². The largest absolute Gasteiger partial charge is 1.00 e. The summed E-state index contributed by atoms with van der Waals surface area (Å²) in [6.07, 6.45) is 4.56. The molecule has 30 heavy (non-hydrogen) atoms. The van der Waals surface area contributed by atoms with Crippen LogP contribution in [-0.4, -0.2) is 28.3 Å². The van der Waals surface area contributed by atoms with Gasteiger partial charge in [0.15, 0.2) is 22.5 Å². The molecule has 0 unspecified atom stereocenters. The zero-order valence-electron chi connectivity index (χ0n) is 19.6. The molecule has 4 nitrogen and oxygen atoms in total. The van der Waals surface area contributed by atoms with Crippen LogP contribution in [0, 0.1) is 17.6 Å². The van der Waals surface area contributed by atoms with E-state index in [1.54, 1.807) is 6.08 Å². The second-order valence-corrected chi connectivity index (χ2v) is 17.3. The van der Waals surface area contributed by atoms with Crippen LogP contribution in [0.4, 0.5) is 0 Å². The Balaban J connectivity index is 0.00000450. The van der Waals surface area contributed by atoms with Crippen molar-refractivity contribution in [3.05, 3.63) is 42.2 Å². The molecule has 0 N–H and O–H groups in total. The van der Waals surface area contributed by atoms with Crippen molar-refractivity contribution in [3.8, 4) is 0 Å². The minimum Gasteiger partial charge on any atom is -0.417 e. The van der Waals surface area contributed by atoms with Crippen molar-refractivity contribution in [1.82, 2.24) is 4.98 Å². The summed E-state index contributed by atoms with van der Waals surface area (Å²) in [7, 11) is -5.25. The second kappa shape index (κ2) is 10.8. The summed E-state index contributed by atoms with van der Waals surface area (Å²) in [5, 5.41) is 0.211. The number of para-hydroxylation sites is 1. The number of rotatable bonds is 9. The van der Waals surface area contributed by atoms with Crippen LogP contribution in [-0.2, 0) is 14.3 Å². The molecule has 1 heterocycles. The predicted octanol–water partition coefficient (Wildman–Crippen LogP) is 3.48. The maximum absolute atomic E-state index is 12.5. The van der Waals surface area contributed by atoms with Crippen molar-refractivity contribution in [2.75, 3.05) is 6.61 Å². The van der Waals surface area contributed by atoms with E-state index >= 15 is 0 Å². The molecule has 1 aromatic heterocycles. The fraction of sp³-hybridized carbons (Fsp3) is 0.545. The van der Waals surface area contributed by atoms with Gasteiger partial charge < -0.3 is 4.43 Å². The second-order valence-electron chi connectivity index (χ2n) is 9.40. The smallest absolute Gasteiger partial charge is 0.417 e. The van der Waals surface area contributed by atoms with Crippen LogP contribution in [0.15, 0.2) is 40.8 Å². The SMILES string of the molecule is C[C@@H](CO[Si](C)(C)C(C)(C)C)C[C@H](C)/C=C/[CH-]S(=O)(=O)c1nc2ccccc2s1.[Li+]. The van der Waals surface area contributed by atoms with Crippen LogP contribution in [0.5, 0.6) is 0 Å². The van der Waals surface area contributed by atoms with Crippen molar-refractivity contribution < 1.29 is 31.7 Å². The number of hydrogen-bond donors (Lipinski definition) is 0. The number of sulfone groups is 1. The van der Waals surface area contributed by atoms with E-state index < -0.39 is 18.2 Å². The molecule has 0 amide bonds. The van der Waals surface area contributed by atoms with Crippen LogP contribution in [0.1, 0.15) is 41.0 Å². The molecule has 0 aliphatic heterocycles. The number of aromatic nitrogens is 1. The molecule has 2 rings (SSSR count). The summed E-state index contributed by atoms with van der Waals surface area (Å²) in [5.74, 6) is 1.96. The van der Waals surface area contributed by atoms with E-state index in [4.69, 9.17) is 4.43 Å². The maximum Gasteiger partial charge on any atom is 1.00 e. The molecule has 0 spiro atoms. The van der Waals surface area contributed by atoms with E-state index in [0.717, 1.165) is 23.2 Å². The van der Waals surface area contributed by atoms with Crippen molar-refractivity contribution in [2.24, 2.45) is 11.8 Å². The Labute approximate surface area is 199 Å².